The first-order valence-electron chi connectivity index (χ1n) is 9.78. The molecule has 0 bridgehead atoms. The molecule has 0 amide bonds. The maximum atomic E-state index is 8.95. The van der Waals surface area contributed by atoms with Gasteiger partial charge in [0.15, 0.2) is 5.11 Å². The summed E-state index contributed by atoms with van der Waals surface area (Å²) in [6.07, 6.45) is 4.86. The lowest BCUT2D eigenvalue weighted by Gasteiger charge is -2.43. The molecule has 0 aliphatic carbocycles. The lowest BCUT2D eigenvalue weighted by atomic mass is 9.92. The van der Waals surface area contributed by atoms with E-state index in [1.54, 1.807) is 12.1 Å². The van der Waals surface area contributed by atoms with Crippen molar-refractivity contribution in [2.24, 2.45) is 5.92 Å². The second-order valence-electron chi connectivity index (χ2n) is 7.58. The predicted octanol–water partition coefficient (Wildman–Crippen LogP) is 3.98. The molecular formula is C22H24N6S. The minimum Gasteiger partial charge on any atom is -0.369 e. The van der Waals surface area contributed by atoms with E-state index in [4.69, 9.17) is 17.5 Å². The number of hydrogen-bond acceptors (Lipinski definition) is 4. The predicted molar refractivity (Wildman–Crippen MR) is 121 cm³/mol. The van der Waals surface area contributed by atoms with Crippen LogP contribution >= 0.6 is 12.2 Å². The molecule has 29 heavy (non-hydrogen) atoms. The lowest BCUT2D eigenvalue weighted by molar-refractivity contribution is 0.242. The molecule has 148 valence electrons. The zero-order chi connectivity index (χ0) is 20.4. The first-order valence-corrected chi connectivity index (χ1v) is 10.2. The second-order valence-corrected chi connectivity index (χ2v) is 7.97. The molecule has 0 spiro atoms. The van der Waals surface area contributed by atoms with E-state index in [-0.39, 0.29) is 0 Å². The number of pyridine rings is 1. The average Bonchev–Trinajstić information content (AvgIpc) is 3.23. The Kier molecular flexibility index (Phi) is 5.36. The minimum atomic E-state index is 0.338. The average molecular weight is 405 g/mol. The molecule has 3 aromatic rings. The molecule has 2 atom stereocenters. The molecule has 0 unspecified atom stereocenters. The molecule has 6 nitrogen and oxygen atoms in total. The van der Waals surface area contributed by atoms with Gasteiger partial charge in [-0.1, -0.05) is 6.92 Å². The summed E-state index contributed by atoms with van der Waals surface area (Å²) in [7, 11) is 2.16. The van der Waals surface area contributed by atoms with Crippen LogP contribution in [0.4, 0.5) is 11.4 Å². The smallest absolute Gasteiger partial charge is 0.173 e. The number of fused-ring (bicyclic) bond motifs is 1. The highest BCUT2D eigenvalue weighted by Gasteiger charge is 2.31. The van der Waals surface area contributed by atoms with E-state index in [9.17, 15) is 0 Å². The Morgan fingerprint density at radius 1 is 1.31 bits per heavy atom. The standard InChI is InChI=1S/C22H24N6S/c1-15-9-12-28(22(29)26-17-5-3-16(13-23)4-6-17)14-20(15)27(2)19-8-11-25-21-18(19)7-10-24-21/h3-8,10-11,15,20H,9,12,14H2,1-2H3,(H,24,25)(H,26,29)/t15-,20+/m1/s1. The van der Waals surface area contributed by atoms with Gasteiger partial charge in [-0.25, -0.2) is 4.98 Å². The number of benzene rings is 1. The van der Waals surface area contributed by atoms with E-state index in [2.05, 4.69) is 57.3 Å². The van der Waals surface area contributed by atoms with Crippen LogP contribution in [0.5, 0.6) is 0 Å². The number of aromatic nitrogens is 2. The summed E-state index contributed by atoms with van der Waals surface area (Å²) in [6, 6.07) is 14.0. The van der Waals surface area contributed by atoms with Crippen LogP contribution in [0.3, 0.4) is 0 Å². The Morgan fingerprint density at radius 2 is 2.10 bits per heavy atom. The zero-order valence-electron chi connectivity index (χ0n) is 16.6. The van der Waals surface area contributed by atoms with Gasteiger partial charge in [0.25, 0.3) is 0 Å². The summed E-state index contributed by atoms with van der Waals surface area (Å²) in [5.41, 5.74) is 3.64. The topological polar surface area (TPSA) is 71.0 Å². The number of rotatable bonds is 3. The number of likely N-dealkylation sites (tertiary alicyclic amines) is 1. The van der Waals surface area contributed by atoms with Gasteiger partial charge in [0.1, 0.15) is 5.65 Å². The molecule has 7 heteroatoms. The van der Waals surface area contributed by atoms with Gasteiger partial charge in [0.2, 0.25) is 0 Å². The van der Waals surface area contributed by atoms with Crippen LogP contribution < -0.4 is 10.2 Å². The fourth-order valence-electron chi connectivity index (χ4n) is 4.00. The molecule has 2 aromatic heterocycles. The third kappa shape index (κ3) is 3.89. The lowest BCUT2D eigenvalue weighted by Crippen LogP contribution is -2.53. The van der Waals surface area contributed by atoms with Crippen LogP contribution in [0.1, 0.15) is 18.9 Å². The van der Waals surface area contributed by atoms with Crippen molar-refractivity contribution in [3.63, 3.8) is 0 Å². The second kappa shape index (κ2) is 8.10. The number of aromatic amines is 1. The number of thiocarbonyl (C=S) groups is 1. The number of nitrogens with zero attached hydrogens (tertiary/aromatic N) is 4. The molecule has 1 aliphatic rings. The normalized spacial score (nSPS) is 19.0. The fraction of sp³-hybridized carbons (Fsp3) is 0.318. The van der Waals surface area contributed by atoms with Crippen molar-refractivity contribution in [2.45, 2.75) is 19.4 Å². The number of nitriles is 1. The highest BCUT2D eigenvalue weighted by molar-refractivity contribution is 7.80. The zero-order valence-corrected chi connectivity index (χ0v) is 17.4. The van der Waals surface area contributed by atoms with Crippen LogP contribution in [0.25, 0.3) is 11.0 Å². The third-order valence-corrected chi connectivity index (χ3v) is 6.15. The van der Waals surface area contributed by atoms with Crippen molar-refractivity contribution in [2.75, 3.05) is 30.4 Å². The Morgan fingerprint density at radius 3 is 2.86 bits per heavy atom. The Labute approximate surface area is 176 Å². The summed E-state index contributed by atoms with van der Waals surface area (Å²) in [5.74, 6) is 0.552. The van der Waals surface area contributed by atoms with Crippen molar-refractivity contribution in [1.29, 1.82) is 5.26 Å². The van der Waals surface area contributed by atoms with Crippen molar-refractivity contribution >= 4 is 39.7 Å². The molecule has 4 rings (SSSR count). The van der Waals surface area contributed by atoms with Crippen molar-refractivity contribution in [1.82, 2.24) is 14.9 Å². The number of hydrogen-bond donors (Lipinski definition) is 2. The Balaban J connectivity index is 1.49. The summed E-state index contributed by atoms with van der Waals surface area (Å²) >= 11 is 5.69. The van der Waals surface area contributed by atoms with Gasteiger partial charge in [-0.15, -0.1) is 0 Å². The van der Waals surface area contributed by atoms with E-state index < -0.39 is 0 Å². The Bertz CT molecular complexity index is 1050. The van der Waals surface area contributed by atoms with Crippen LogP contribution in [0.15, 0.2) is 48.8 Å². The molecule has 1 aromatic carbocycles. The first kappa shape index (κ1) is 19.2. The molecule has 2 N–H and O–H groups in total. The van der Waals surface area contributed by atoms with Gasteiger partial charge in [0.05, 0.1) is 11.6 Å². The number of anilines is 2. The van der Waals surface area contributed by atoms with Gasteiger partial charge < -0.3 is 20.1 Å². The highest BCUT2D eigenvalue weighted by atomic mass is 32.1. The third-order valence-electron chi connectivity index (χ3n) is 5.79. The van der Waals surface area contributed by atoms with Gasteiger partial charge in [-0.05, 0) is 61.0 Å². The minimum absolute atomic E-state index is 0.338. The molecule has 3 heterocycles. The molecule has 1 fully saturated rings. The van der Waals surface area contributed by atoms with Gasteiger partial charge >= 0.3 is 0 Å². The van der Waals surface area contributed by atoms with Crippen LogP contribution in [-0.4, -0.2) is 46.2 Å². The van der Waals surface area contributed by atoms with Crippen LogP contribution in [0, 0.1) is 17.2 Å². The van der Waals surface area contributed by atoms with Gasteiger partial charge in [-0.3, -0.25) is 0 Å². The van der Waals surface area contributed by atoms with E-state index >= 15 is 0 Å². The van der Waals surface area contributed by atoms with Gasteiger partial charge in [0, 0.05) is 55.3 Å². The van der Waals surface area contributed by atoms with Crippen molar-refractivity contribution < 1.29 is 0 Å². The van der Waals surface area contributed by atoms with Gasteiger partial charge in [-0.2, -0.15) is 5.26 Å². The van der Waals surface area contributed by atoms with Crippen LogP contribution in [-0.2, 0) is 0 Å². The maximum absolute atomic E-state index is 8.95. The maximum Gasteiger partial charge on any atom is 0.173 e. The first-order chi connectivity index (χ1) is 14.1. The molecular weight excluding hydrogens is 380 g/mol. The monoisotopic (exact) mass is 404 g/mol. The number of piperidine rings is 1. The van der Waals surface area contributed by atoms with Crippen molar-refractivity contribution in [3.05, 3.63) is 54.4 Å². The van der Waals surface area contributed by atoms with E-state index in [0.29, 0.717) is 17.5 Å². The number of nitrogens with one attached hydrogen (secondary N) is 2. The summed E-state index contributed by atoms with van der Waals surface area (Å²) in [5, 5.41) is 14.1. The van der Waals surface area contributed by atoms with E-state index in [1.165, 1.54) is 5.69 Å². The summed E-state index contributed by atoms with van der Waals surface area (Å²) < 4.78 is 0. The highest BCUT2D eigenvalue weighted by Crippen LogP contribution is 2.30. The number of likely N-dealkylation sites (N-methyl/N-ethyl adjacent to an activating group) is 1. The SMILES string of the molecule is C[C@@H]1CCN(C(=S)Nc2ccc(C#N)cc2)C[C@@H]1N(C)c1ccnc2[nH]ccc12. The molecule has 0 radical (unpaired) electrons. The summed E-state index contributed by atoms with van der Waals surface area (Å²) in [4.78, 5) is 12.2. The molecule has 1 aliphatic heterocycles. The molecule has 0 saturated carbocycles. The van der Waals surface area contributed by atoms with E-state index in [0.717, 1.165) is 41.3 Å². The number of H-pyrrole nitrogens is 1. The largest absolute Gasteiger partial charge is 0.369 e. The van der Waals surface area contributed by atoms with Crippen LogP contribution in [0.2, 0.25) is 0 Å². The summed E-state index contributed by atoms with van der Waals surface area (Å²) in [6.45, 7) is 4.10. The quantitative estimate of drug-likeness (QED) is 0.644. The molecule has 1 saturated heterocycles. The van der Waals surface area contributed by atoms with E-state index in [1.807, 2.05) is 24.5 Å². The Hall–Kier alpha value is -3.11. The van der Waals surface area contributed by atoms with Crippen molar-refractivity contribution in [3.8, 4) is 6.07 Å². The fourth-order valence-corrected chi connectivity index (χ4v) is 4.28.